The smallest absolute Gasteiger partial charge is 0.463 e. The van der Waals surface area contributed by atoms with Gasteiger partial charge in [-0.2, -0.15) is 0 Å². The van der Waals surface area contributed by atoms with Gasteiger partial charge in [0, 0.05) is 0 Å². The molecule has 82 valence electrons. The van der Waals surface area contributed by atoms with Gasteiger partial charge in [-0.1, -0.05) is 6.92 Å². The Labute approximate surface area is 83.3 Å². The number of hydrogen-bond acceptors (Lipinski definition) is 5. The van der Waals surface area contributed by atoms with E-state index in [1.54, 1.807) is 0 Å². The Hall–Kier alpha value is -1.26. The molecule has 0 aromatic rings. The van der Waals surface area contributed by atoms with Gasteiger partial charge in [0.25, 0.3) is 0 Å². The second-order valence-electron chi connectivity index (χ2n) is 3.20. The fraction of sp³-hybridized carbons (Fsp3) is 0.778. The van der Waals surface area contributed by atoms with E-state index in [9.17, 15) is 9.59 Å². The van der Waals surface area contributed by atoms with Crippen LogP contribution in [0.3, 0.4) is 0 Å². The highest BCUT2D eigenvalue weighted by molar-refractivity contribution is 5.81. The first-order valence-electron chi connectivity index (χ1n) is 4.38. The van der Waals surface area contributed by atoms with Crippen LogP contribution in [0.15, 0.2) is 0 Å². The predicted octanol–water partition coefficient (Wildman–Crippen LogP) is 1.50. The van der Waals surface area contributed by atoms with Crippen LogP contribution in [-0.2, 0) is 19.0 Å². The number of methoxy groups -OCH3 is 1. The molecule has 5 heteroatoms. The quantitative estimate of drug-likeness (QED) is 0.649. The molecule has 14 heavy (non-hydrogen) atoms. The number of rotatable bonds is 4. The van der Waals surface area contributed by atoms with Gasteiger partial charge in [0.15, 0.2) is 0 Å². The van der Waals surface area contributed by atoms with Crippen LogP contribution in [0.2, 0.25) is 0 Å². The average molecular weight is 204 g/mol. The topological polar surface area (TPSA) is 61.8 Å². The summed E-state index contributed by atoms with van der Waals surface area (Å²) in [6.07, 6.45) is -0.177. The molecule has 0 aliphatic rings. The molecule has 0 spiro atoms. The standard InChI is InChI=1S/C9H16O5/c1-5-6-13-7(10)9(2,3)14-8(11)12-4/h5-6H2,1-4H3. The predicted molar refractivity (Wildman–Crippen MR) is 48.8 cm³/mol. The van der Waals surface area contributed by atoms with Crippen LogP contribution < -0.4 is 0 Å². The summed E-state index contributed by atoms with van der Waals surface area (Å²) in [5.74, 6) is -0.579. The van der Waals surface area contributed by atoms with Crippen molar-refractivity contribution in [3.8, 4) is 0 Å². The lowest BCUT2D eigenvalue weighted by molar-refractivity contribution is -0.163. The van der Waals surface area contributed by atoms with Gasteiger partial charge < -0.3 is 14.2 Å². The van der Waals surface area contributed by atoms with Crippen molar-refractivity contribution in [2.24, 2.45) is 0 Å². The SMILES string of the molecule is CCCOC(=O)C(C)(C)OC(=O)OC. The Bertz CT molecular complexity index is 209. The van der Waals surface area contributed by atoms with E-state index in [0.29, 0.717) is 6.61 Å². The zero-order valence-electron chi connectivity index (χ0n) is 8.96. The summed E-state index contributed by atoms with van der Waals surface area (Å²) in [6.45, 7) is 5.08. The number of ether oxygens (including phenoxy) is 3. The summed E-state index contributed by atoms with van der Waals surface area (Å²) in [5, 5.41) is 0. The van der Waals surface area contributed by atoms with E-state index in [1.165, 1.54) is 21.0 Å². The normalized spacial score (nSPS) is 10.6. The second kappa shape index (κ2) is 5.47. The van der Waals surface area contributed by atoms with Crippen LogP contribution >= 0.6 is 0 Å². The van der Waals surface area contributed by atoms with Crippen LogP contribution in [0.4, 0.5) is 4.79 Å². The van der Waals surface area contributed by atoms with Crippen molar-refractivity contribution in [1.82, 2.24) is 0 Å². The third-order valence-electron chi connectivity index (χ3n) is 1.43. The molecule has 0 unspecified atom stereocenters. The van der Waals surface area contributed by atoms with E-state index in [4.69, 9.17) is 9.47 Å². The van der Waals surface area contributed by atoms with Crippen LogP contribution in [0.25, 0.3) is 0 Å². The van der Waals surface area contributed by atoms with Crippen molar-refractivity contribution in [1.29, 1.82) is 0 Å². The molecule has 0 rings (SSSR count). The number of hydrogen-bond donors (Lipinski definition) is 0. The molecule has 0 heterocycles. The molecule has 5 nitrogen and oxygen atoms in total. The molecule has 0 amide bonds. The largest absolute Gasteiger partial charge is 0.509 e. The zero-order valence-corrected chi connectivity index (χ0v) is 8.96. The first kappa shape index (κ1) is 12.7. The molecule has 0 saturated heterocycles. The van der Waals surface area contributed by atoms with E-state index in [2.05, 4.69) is 4.74 Å². The molecular formula is C9H16O5. The second-order valence-corrected chi connectivity index (χ2v) is 3.20. The van der Waals surface area contributed by atoms with Crippen molar-refractivity contribution in [2.75, 3.05) is 13.7 Å². The van der Waals surface area contributed by atoms with Crippen molar-refractivity contribution < 1.29 is 23.8 Å². The molecule has 0 aliphatic carbocycles. The Morgan fingerprint density at radius 2 is 1.86 bits per heavy atom. The lowest BCUT2D eigenvalue weighted by atomic mass is 10.1. The maximum Gasteiger partial charge on any atom is 0.509 e. The van der Waals surface area contributed by atoms with Gasteiger partial charge >= 0.3 is 12.1 Å². The van der Waals surface area contributed by atoms with E-state index < -0.39 is 17.7 Å². The van der Waals surface area contributed by atoms with Crippen LogP contribution in [0.5, 0.6) is 0 Å². The first-order chi connectivity index (χ1) is 6.44. The Morgan fingerprint density at radius 3 is 2.29 bits per heavy atom. The van der Waals surface area contributed by atoms with Crippen LogP contribution in [0, 0.1) is 0 Å². The highest BCUT2D eigenvalue weighted by Gasteiger charge is 2.34. The van der Waals surface area contributed by atoms with Crippen LogP contribution in [-0.4, -0.2) is 31.4 Å². The molecule has 0 atom stereocenters. The van der Waals surface area contributed by atoms with E-state index in [0.717, 1.165) is 6.42 Å². The highest BCUT2D eigenvalue weighted by Crippen LogP contribution is 2.12. The number of carbonyl (C=O) groups excluding carboxylic acids is 2. The van der Waals surface area contributed by atoms with E-state index >= 15 is 0 Å². The molecule has 0 radical (unpaired) electrons. The van der Waals surface area contributed by atoms with Crippen molar-refractivity contribution in [3.63, 3.8) is 0 Å². The van der Waals surface area contributed by atoms with Gasteiger partial charge in [-0.3, -0.25) is 0 Å². The van der Waals surface area contributed by atoms with Gasteiger partial charge in [0.2, 0.25) is 5.60 Å². The summed E-state index contributed by atoms with van der Waals surface area (Å²) in [4.78, 5) is 22.1. The molecule has 0 saturated carbocycles. The molecule has 0 bridgehead atoms. The fourth-order valence-corrected chi connectivity index (χ4v) is 0.660. The Morgan fingerprint density at radius 1 is 1.29 bits per heavy atom. The van der Waals surface area contributed by atoms with Crippen molar-refractivity contribution in [2.45, 2.75) is 32.8 Å². The highest BCUT2D eigenvalue weighted by atomic mass is 16.7. The molecular weight excluding hydrogens is 188 g/mol. The van der Waals surface area contributed by atoms with Gasteiger partial charge in [-0.05, 0) is 20.3 Å². The van der Waals surface area contributed by atoms with E-state index in [1.807, 2.05) is 6.92 Å². The summed E-state index contributed by atoms with van der Waals surface area (Å²) in [7, 11) is 1.18. The number of carbonyl (C=O) groups is 2. The molecule has 0 aromatic heterocycles. The fourth-order valence-electron chi connectivity index (χ4n) is 0.660. The minimum absolute atomic E-state index is 0.312. The number of esters is 1. The molecule has 0 aliphatic heterocycles. The zero-order chi connectivity index (χ0) is 11.2. The molecule has 0 N–H and O–H groups in total. The summed E-state index contributed by atoms with van der Waals surface area (Å²) < 4.78 is 13.8. The van der Waals surface area contributed by atoms with Crippen LogP contribution in [0.1, 0.15) is 27.2 Å². The van der Waals surface area contributed by atoms with Gasteiger partial charge in [-0.25, -0.2) is 9.59 Å². The minimum atomic E-state index is -1.30. The lowest BCUT2D eigenvalue weighted by Gasteiger charge is -2.21. The maximum absolute atomic E-state index is 11.3. The maximum atomic E-state index is 11.3. The third kappa shape index (κ3) is 4.11. The monoisotopic (exact) mass is 204 g/mol. The van der Waals surface area contributed by atoms with Crippen molar-refractivity contribution >= 4 is 12.1 Å². The van der Waals surface area contributed by atoms with E-state index in [-0.39, 0.29) is 0 Å². The Kier molecular flexibility index (Phi) is 4.97. The third-order valence-corrected chi connectivity index (χ3v) is 1.43. The van der Waals surface area contributed by atoms with Gasteiger partial charge in [0.1, 0.15) is 0 Å². The van der Waals surface area contributed by atoms with Gasteiger partial charge in [-0.15, -0.1) is 0 Å². The summed E-state index contributed by atoms with van der Waals surface area (Å²) in [6, 6.07) is 0. The van der Waals surface area contributed by atoms with Gasteiger partial charge in [0.05, 0.1) is 13.7 Å². The lowest BCUT2D eigenvalue weighted by Crippen LogP contribution is -2.38. The summed E-state index contributed by atoms with van der Waals surface area (Å²) >= 11 is 0. The Balaban J connectivity index is 4.15. The first-order valence-corrected chi connectivity index (χ1v) is 4.38. The summed E-state index contributed by atoms with van der Waals surface area (Å²) in [5.41, 5.74) is -1.30. The minimum Gasteiger partial charge on any atom is -0.463 e. The molecule has 0 fully saturated rings. The average Bonchev–Trinajstić information content (AvgIpc) is 2.13. The molecule has 0 aromatic carbocycles. The van der Waals surface area contributed by atoms with Crippen molar-refractivity contribution in [3.05, 3.63) is 0 Å².